The van der Waals surface area contributed by atoms with Gasteiger partial charge in [0.05, 0.1) is 0 Å². The molecule has 0 spiro atoms. The Hall–Kier alpha value is -3.54. The summed E-state index contributed by atoms with van der Waals surface area (Å²) in [6.45, 7) is 1.20. The SMILES string of the molecule is [N-]=[N+]=N[C@@H](C(=O)Nc1cccc(F)c1CCC1CN1S(=O)(=O)c1ccccc1F)[C@@H](c1ccc(Cl)cc1)C1CCOCC1. The van der Waals surface area contributed by atoms with Crippen molar-refractivity contribution in [3.63, 3.8) is 0 Å². The van der Waals surface area contributed by atoms with Crippen LogP contribution < -0.4 is 5.32 Å². The second kappa shape index (κ2) is 13.4. The van der Waals surface area contributed by atoms with Gasteiger partial charge < -0.3 is 10.1 Å². The van der Waals surface area contributed by atoms with Crippen molar-refractivity contribution in [2.75, 3.05) is 25.1 Å². The first-order chi connectivity index (χ1) is 20.7. The molecule has 2 aliphatic rings. The molecule has 226 valence electrons. The summed E-state index contributed by atoms with van der Waals surface area (Å²) >= 11 is 6.10. The molecular weight excluding hydrogens is 600 g/mol. The third kappa shape index (κ3) is 7.00. The number of azide groups is 1. The Morgan fingerprint density at radius 1 is 1.07 bits per heavy atom. The van der Waals surface area contributed by atoms with E-state index >= 15 is 4.39 Å². The summed E-state index contributed by atoms with van der Waals surface area (Å²) in [5.74, 6) is -2.48. The molecule has 3 aromatic carbocycles. The van der Waals surface area contributed by atoms with Crippen molar-refractivity contribution in [1.82, 2.24) is 4.31 Å². The summed E-state index contributed by atoms with van der Waals surface area (Å²) in [5.41, 5.74) is 10.6. The molecule has 5 rings (SSSR count). The Bertz CT molecular complexity index is 1630. The van der Waals surface area contributed by atoms with Crippen LogP contribution in [0.2, 0.25) is 5.02 Å². The van der Waals surface area contributed by atoms with Crippen LogP contribution in [0.5, 0.6) is 0 Å². The second-order valence-corrected chi connectivity index (χ2v) is 12.9. The van der Waals surface area contributed by atoms with Crippen LogP contribution in [0.4, 0.5) is 14.5 Å². The molecule has 2 heterocycles. The van der Waals surface area contributed by atoms with E-state index in [-0.39, 0.29) is 36.6 Å². The van der Waals surface area contributed by atoms with Gasteiger partial charge in [0.15, 0.2) is 0 Å². The quantitative estimate of drug-likeness (QED) is 0.113. The average Bonchev–Trinajstić information content (AvgIpc) is 3.79. The lowest BCUT2D eigenvalue weighted by Gasteiger charge is -2.34. The van der Waals surface area contributed by atoms with Crippen molar-refractivity contribution in [2.24, 2.45) is 11.0 Å². The van der Waals surface area contributed by atoms with Crippen LogP contribution in [0.15, 0.2) is 76.7 Å². The number of ether oxygens (including phenoxy) is 1. The van der Waals surface area contributed by atoms with E-state index in [9.17, 15) is 23.1 Å². The highest BCUT2D eigenvalue weighted by atomic mass is 35.5. The number of carbonyl (C=O) groups is 1. The summed E-state index contributed by atoms with van der Waals surface area (Å²) in [5, 5.41) is 7.20. The molecule has 0 aromatic heterocycles. The summed E-state index contributed by atoms with van der Waals surface area (Å²) in [7, 11) is -4.03. The van der Waals surface area contributed by atoms with Crippen LogP contribution in [0.1, 0.15) is 36.3 Å². The third-order valence-electron chi connectivity index (χ3n) is 8.01. The van der Waals surface area contributed by atoms with Crippen LogP contribution >= 0.6 is 11.6 Å². The summed E-state index contributed by atoms with van der Waals surface area (Å²) in [6, 6.07) is 14.9. The van der Waals surface area contributed by atoms with E-state index in [1.807, 2.05) is 0 Å². The van der Waals surface area contributed by atoms with Crippen molar-refractivity contribution in [3.05, 3.63) is 105 Å². The van der Waals surface area contributed by atoms with Gasteiger partial charge in [-0.25, -0.2) is 17.2 Å². The molecule has 0 radical (unpaired) electrons. The number of nitrogens with one attached hydrogen (secondary N) is 1. The lowest BCUT2D eigenvalue weighted by atomic mass is 9.76. The number of nitrogens with zero attached hydrogens (tertiary/aromatic N) is 4. The molecule has 4 atom stereocenters. The zero-order chi connectivity index (χ0) is 30.6. The van der Waals surface area contributed by atoms with Crippen molar-refractivity contribution in [3.8, 4) is 0 Å². The van der Waals surface area contributed by atoms with E-state index < -0.39 is 50.5 Å². The Balaban J connectivity index is 1.34. The summed E-state index contributed by atoms with van der Waals surface area (Å²) in [6.07, 6.45) is 1.70. The van der Waals surface area contributed by atoms with Crippen LogP contribution in [-0.4, -0.2) is 50.5 Å². The zero-order valence-electron chi connectivity index (χ0n) is 23.1. The van der Waals surface area contributed by atoms with Gasteiger partial charge in [-0.15, -0.1) is 0 Å². The van der Waals surface area contributed by atoms with E-state index in [1.54, 1.807) is 30.3 Å². The number of anilines is 1. The smallest absolute Gasteiger partial charge is 0.246 e. The first kappa shape index (κ1) is 30.9. The van der Waals surface area contributed by atoms with Crippen LogP contribution in [0, 0.1) is 17.6 Å². The monoisotopic (exact) mass is 629 g/mol. The minimum Gasteiger partial charge on any atom is -0.381 e. The van der Waals surface area contributed by atoms with Gasteiger partial charge in [-0.3, -0.25) is 4.79 Å². The largest absolute Gasteiger partial charge is 0.381 e. The van der Waals surface area contributed by atoms with Gasteiger partial charge in [-0.1, -0.05) is 47.0 Å². The minimum absolute atomic E-state index is 0.0135. The number of hydrogen-bond donors (Lipinski definition) is 1. The Labute approximate surface area is 253 Å². The van der Waals surface area contributed by atoms with Gasteiger partial charge in [0.25, 0.3) is 0 Å². The molecule has 2 saturated heterocycles. The van der Waals surface area contributed by atoms with Crippen LogP contribution in [0.3, 0.4) is 0 Å². The maximum Gasteiger partial charge on any atom is 0.246 e. The molecule has 0 saturated carbocycles. The predicted molar refractivity (Wildman–Crippen MR) is 158 cm³/mol. The Morgan fingerprint density at radius 2 is 1.77 bits per heavy atom. The highest BCUT2D eigenvalue weighted by Gasteiger charge is 2.45. The van der Waals surface area contributed by atoms with E-state index in [4.69, 9.17) is 16.3 Å². The molecule has 0 aliphatic carbocycles. The molecule has 2 unspecified atom stereocenters. The highest BCUT2D eigenvalue weighted by Crippen LogP contribution is 2.38. The maximum absolute atomic E-state index is 15.1. The van der Waals surface area contributed by atoms with Gasteiger partial charge in [-0.2, -0.15) is 4.31 Å². The normalized spacial score (nSPS) is 20.1. The number of sulfonamides is 1. The van der Waals surface area contributed by atoms with E-state index in [1.165, 1.54) is 34.6 Å². The van der Waals surface area contributed by atoms with E-state index in [0.29, 0.717) is 31.1 Å². The van der Waals surface area contributed by atoms with Gasteiger partial charge in [0.2, 0.25) is 15.9 Å². The number of halogens is 3. The van der Waals surface area contributed by atoms with Gasteiger partial charge >= 0.3 is 0 Å². The molecule has 2 aliphatic heterocycles. The van der Waals surface area contributed by atoms with E-state index in [2.05, 4.69) is 15.3 Å². The lowest BCUT2D eigenvalue weighted by molar-refractivity contribution is -0.118. The number of amides is 1. The van der Waals surface area contributed by atoms with Crippen LogP contribution in [0.25, 0.3) is 10.4 Å². The fraction of sp³-hybridized carbons (Fsp3) is 0.367. The predicted octanol–water partition coefficient (Wildman–Crippen LogP) is 6.45. The standard InChI is InChI=1S/C30H30ClF2N5O4S/c31-21-10-8-19(9-11-21)28(20-14-16-42-17-15-20)29(36-37-34)30(39)35-26-6-3-5-24(32)23(26)13-12-22-18-38(22)43(40,41)27-7-2-1-4-25(27)33/h1-11,20,22,28-29H,12-18H2,(H,35,39)/t22?,28-,29+,38?/m0/s1. The Morgan fingerprint density at radius 3 is 2.47 bits per heavy atom. The van der Waals surface area contributed by atoms with Crippen molar-refractivity contribution in [2.45, 2.75) is 48.6 Å². The van der Waals surface area contributed by atoms with Gasteiger partial charge in [0, 0.05) is 52.9 Å². The topological polar surface area (TPSA) is 124 Å². The number of hydrogen-bond acceptors (Lipinski definition) is 5. The van der Waals surface area contributed by atoms with Crippen molar-refractivity contribution in [1.29, 1.82) is 0 Å². The molecule has 43 heavy (non-hydrogen) atoms. The average molecular weight is 630 g/mol. The highest BCUT2D eigenvalue weighted by molar-refractivity contribution is 7.89. The van der Waals surface area contributed by atoms with E-state index in [0.717, 1.165) is 11.6 Å². The second-order valence-electron chi connectivity index (χ2n) is 10.6. The van der Waals surface area contributed by atoms with Gasteiger partial charge in [-0.05, 0) is 79.1 Å². The number of carbonyl (C=O) groups excluding carboxylic acids is 1. The van der Waals surface area contributed by atoms with Crippen molar-refractivity contribution >= 4 is 33.2 Å². The van der Waals surface area contributed by atoms with Gasteiger partial charge in [0.1, 0.15) is 22.6 Å². The molecule has 0 bridgehead atoms. The van der Waals surface area contributed by atoms with Crippen LogP contribution in [-0.2, 0) is 26.0 Å². The first-order valence-corrected chi connectivity index (χ1v) is 15.7. The zero-order valence-corrected chi connectivity index (χ0v) is 24.6. The lowest BCUT2D eigenvalue weighted by Crippen LogP contribution is -2.37. The molecule has 13 heteroatoms. The molecular formula is C30H30ClF2N5O4S. The molecule has 9 nitrogen and oxygen atoms in total. The first-order valence-electron chi connectivity index (χ1n) is 13.9. The summed E-state index contributed by atoms with van der Waals surface area (Å²) in [4.78, 5) is 16.3. The summed E-state index contributed by atoms with van der Waals surface area (Å²) < 4.78 is 61.7. The van der Waals surface area contributed by atoms with Crippen molar-refractivity contribution < 1.29 is 26.7 Å². The number of benzene rings is 3. The maximum atomic E-state index is 15.1. The number of rotatable bonds is 11. The molecule has 2 fully saturated rings. The third-order valence-corrected chi connectivity index (χ3v) is 10.2. The molecule has 1 N–H and O–H groups in total. The fourth-order valence-corrected chi connectivity index (χ4v) is 7.54. The fourth-order valence-electron chi connectivity index (χ4n) is 5.73. The minimum atomic E-state index is -4.03. The molecule has 1 amide bonds. The molecule has 3 aromatic rings. The Kier molecular flexibility index (Phi) is 9.63.